The van der Waals surface area contributed by atoms with Crippen LogP contribution in [0.15, 0.2) is 59.6 Å². The summed E-state index contributed by atoms with van der Waals surface area (Å²) >= 11 is 1.46. The highest BCUT2D eigenvalue weighted by molar-refractivity contribution is 8.00. The number of hydrogen-bond donors (Lipinski definition) is 0. The molecule has 0 unspecified atom stereocenters. The summed E-state index contributed by atoms with van der Waals surface area (Å²) in [7, 11) is 0. The molecule has 1 aliphatic heterocycles. The van der Waals surface area contributed by atoms with Crippen molar-refractivity contribution in [2.45, 2.75) is 31.1 Å². The van der Waals surface area contributed by atoms with Gasteiger partial charge in [-0.1, -0.05) is 54.2 Å². The highest BCUT2D eigenvalue weighted by atomic mass is 32.2. The summed E-state index contributed by atoms with van der Waals surface area (Å²) in [4.78, 5) is 24.3. The van der Waals surface area contributed by atoms with E-state index in [0.29, 0.717) is 18.8 Å². The molecular formula is C22H23N3O2S. The Kier molecular flexibility index (Phi) is 5.59. The van der Waals surface area contributed by atoms with Gasteiger partial charge in [0.2, 0.25) is 5.91 Å². The molecule has 6 heteroatoms. The minimum atomic E-state index is 0.0676. The number of nitrogens with zero attached hydrogens (tertiary/aromatic N) is 3. The molecule has 28 heavy (non-hydrogen) atoms. The van der Waals surface area contributed by atoms with Crippen molar-refractivity contribution in [1.29, 1.82) is 0 Å². The van der Waals surface area contributed by atoms with Gasteiger partial charge in [-0.25, -0.2) is 9.97 Å². The molecule has 2 atom stereocenters. The molecule has 1 aliphatic rings. The summed E-state index contributed by atoms with van der Waals surface area (Å²) in [6.07, 6.45) is 0.135. The summed E-state index contributed by atoms with van der Waals surface area (Å²) in [5.74, 6) is 0.452. The highest BCUT2D eigenvalue weighted by Crippen LogP contribution is 2.30. The van der Waals surface area contributed by atoms with Gasteiger partial charge in [-0.3, -0.25) is 4.79 Å². The highest BCUT2D eigenvalue weighted by Gasteiger charge is 2.26. The predicted molar refractivity (Wildman–Crippen MR) is 112 cm³/mol. The fourth-order valence-electron chi connectivity index (χ4n) is 3.47. The van der Waals surface area contributed by atoms with Crippen LogP contribution in [0, 0.1) is 0 Å². The van der Waals surface area contributed by atoms with E-state index in [4.69, 9.17) is 14.7 Å². The lowest BCUT2D eigenvalue weighted by Crippen LogP contribution is -2.48. The number of thioether (sulfide) groups is 1. The van der Waals surface area contributed by atoms with Crippen LogP contribution in [0.5, 0.6) is 0 Å². The van der Waals surface area contributed by atoms with Crippen LogP contribution in [-0.2, 0) is 9.53 Å². The van der Waals surface area contributed by atoms with Gasteiger partial charge in [-0.2, -0.15) is 0 Å². The van der Waals surface area contributed by atoms with Crippen LogP contribution in [0.25, 0.3) is 22.3 Å². The van der Waals surface area contributed by atoms with Gasteiger partial charge >= 0.3 is 0 Å². The molecule has 1 aromatic heterocycles. The normalized spacial score (nSPS) is 19.7. The van der Waals surface area contributed by atoms with Gasteiger partial charge in [-0.05, 0) is 26.0 Å². The summed E-state index contributed by atoms with van der Waals surface area (Å²) in [6.45, 7) is 5.29. The largest absolute Gasteiger partial charge is 0.372 e. The average Bonchev–Trinajstić information content (AvgIpc) is 2.71. The van der Waals surface area contributed by atoms with Crippen molar-refractivity contribution in [1.82, 2.24) is 14.9 Å². The number of rotatable bonds is 4. The van der Waals surface area contributed by atoms with Crippen molar-refractivity contribution in [2.24, 2.45) is 0 Å². The van der Waals surface area contributed by atoms with Crippen molar-refractivity contribution in [3.8, 4) is 11.3 Å². The second kappa shape index (κ2) is 8.29. The second-order valence-corrected chi connectivity index (χ2v) is 8.04. The van der Waals surface area contributed by atoms with E-state index in [0.717, 1.165) is 27.3 Å². The van der Waals surface area contributed by atoms with Crippen LogP contribution in [-0.4, -0.2) is 51.8 Å². The Morgan fingerprint density at radius 1 is 1.00 bits per heavy atom. The van der Waals surface area contributed by atoms with Gasteiger partial charge in [-0.15, -0.1) is 0 Å². The maximum absolute atomic E-state index is 12.8. The Morgan fingerprint density at radius 3 is 2.29 bits per heavy atom. The SMILES string of the molecule is C[C@@H]1CN(C(=O)CSc2nc3ccccc3nc2-c2ccccc2)C[C@@H](C)O1. The number of morpholine rings is 1. The topological polar surface area (TPSA) is 55.3 Å². The number of amides is 1. The molecule has 3 aromatic rings. The first kappa shape index (κ1) is 18.9. The van der Waals surface area contributed by atoms with E-state index in [1.54, 1.807) is 0 Å². The third kappa shape index (κ3) is 4.18. The number of fused-ring (bicyclic) bond motifs is 1. The number of carbonyl (C=O) groups is 1. The number of hydrogen-bond acceptors (Lipinski definition) is 5. The van der Waals surface area contributed by atoms with E-state index in [2.05, 4.69) is 0 Å². The molecule has 2 aromatic carbocycles. The minimum Gasteiger partial charge on any atom is -0.372 e. The Hall–Kier alpha value is -2.44. The predicted octanol–water partition coefficient (Wildman–Crippen LogP) is 4.02. The van der Waals surface area contributed by atoms with Crippen molar-refractivity contribution in [3.63, 3.8) is 0 Å². The molecule has 1 amide bonds. The molecule has 4 rings (SSSR count). The Balaban J connectivity index is 1.59. The lowest BCUT2D eigenvalue weighted by Gasteiger charge is -2.35. The Labute approximate surface area is 169 Å². The first-order valence-corrected chi connectivity index (χ1v) is 10.5. The molecule has 5 nitrogen and oxygen atoms in total. The Bertz CT molecular complexity index is 970. The number of para-hydroxylation sites is 2. The van der Waals surface area contributed by atoms with Crippen LogP contribution >= 0.6 is 11.8 Å². The van der Waals surface area contributed by atoms with Crippen LogP contribution in [0.2, 0.25) is 0 Å². The van der Waals surface area contributed by atoms with Crippen molar-refractivity contribution < 1.29 is 9.53 Å². The van der Waals surface area contributed by atoms with E-state index >= 15 is 0 Å². The first-order chi connectivity index (χ1) is 13.6. The van der Waals surface area contributed by atoms with Crippen LogP contribution < -0.4 is 0 Å². The lowest BCUT2D eigenvalue weighted by atomic mass is 10.1. The third-order valence-electron chi connectivity index (χ3n) is 4.69. The number of benzene rings is 2. The summed E-state index contributed by atoms with van der Waals surface area (Å²) in [6, 6.07) is 17.8. The lowest BCUT2D eigenvalue weighted by molar-refractivity contribution is -0.140. The Morgan fingerprint density at radius 2 is 1.61 bits per heavy atom. The van der Waals surface area contributed by atoms with Crippen molar-refractivity contribution >= 4 is 28.7 Å². The molecular weight excluding hydrogens is 370 g/mol. The fourth-order valence-corrected chi connectivity index (χ4v) is 4.38. The van der Waals surface area contributed by atoms with Gasteiger partial charge in [0.05, 0.1) is 29.0 Å². The average molecular weight is 394 g/mol. The molecule has 0 N–H and O–H groups in total. The standard InChI is InChI=1S/C22H23N3O2S/c1-15-12-25(13-16(2)27-15)20(26)14-28-22-21(17-8-4-3-5-9-17)23-18-10-6-7-11-19(18)24-22/h3-11,15-16H,12-14H2,1-2H3/t15-,16-/m1/s1. The van der Waals surface area contributed by atoms with E-state index in [1.165, 1.54) is 11.8 Å². The first-order valence-electron chi connectivity index (χ1n) is 9.48. The van der Waals surface area contributed by atoms with E-state index < -0.39 is 0 Å². The zero-order valence-electron chi connectivity index (χ0n) is 16.0. The quantitative estimate of drug-likeness (QED) is 0.627. The smallest absolute Gasteiger partial charge is 0.233 e. The molecule has 1 saturated heterocycles. The third-order valence-corrected chi connectivity index (χ3v) is 5.64. The van der Waals surface area contributed by atoms with Gasteiger partial charge in [0.1, 0.15) is 10.7 Å². The van der Waals surface area contributed by atoms with Gasteiger partial charge in [0.25, 0.3) is 0 Å². The zero-order chi connectivity index (χ0) is 19.5. The van der Waals surface area contributed by atoms with E-state index in [9.17, 15) is 4.79 Å². The molecule has 0 aliphatic carbocycles. The van der Waals surface area contributed by atoms with E-state index in [1.807, 2.05) is 73.3 Å². The van der Waals surface area contributed by atoms with Crippen molar-refractivity contribution in [3.05, 3.63) is 54.6 Å². The molecule has 0 bridgehead atoms. The zero-order valence-corrected chi connectivity index (χ0v) is 16.9. The van der Waals surface area contributed by atoms with Crippen LogP contribution in [0.3, 0.4) is 0 Å². The monoisotopic (exact) mass is 393 g/mol. The fraction of sp³-hybridized carbons (Fsp3) is 0.318. The minimum absolute atomic E-state index is 0.0676. The maximum Gasteiger partial charge on any atom is 0.233 e. The van der Waals surface area contributed by atoms with Gasteiger partial charge in [0.15, 0.2) is 0 Å². The molecule has 2 heterocycles. The number of carbonyl (C=O) groups excluding carboxylic acids is 1. The van der Waals surface area contributed by atoms with Gasteiger partial charge < -0.3 is 9.64 Å². The second-order valence-electron chi connectivity index (χ2n) is 7.08. The summed E-state index contributed by atoms with van der Waals surface area (Å²) < 4.78 is 5.73. The molecule has 144 valence electrons. The van der Waals surface area contributed by atoms with Crippen molar-refractivity contribution in [2.75, 3.05) is 18.8 Å². The maximum atomic E-state index is 12.8. The number of ether oxygens (including phenoxy) is 1. The van der Waals surface area contributed by atoms with Gasteiger partial charge in [0, 0.05) is 18.7 Å². The molecule has 0 spiro atoms. The molecule has 0 radical (unpaired) electrons. The summed E-state index contributed by atoms with van der Waals surface area (Å²) in [5, 5.41) is 0.785. The number of aromatic nitrogens is 2. The van der Waals surface area contributed by atoms with Crippen LogP contribution in [0.4, 0.5) is 0 Å². The molecule has 1 fully saturated rings. The van der Waals surface area contributed by atoms with E-state index in [-0.39, 0.29) is 18.1 Å². The molecule has 0 saturated carbocycles. The van der Waals surface area contributed by atoms with Crippen LogP contribution in [0.1, 0.15) is 13.8 Å². The summed E-state index contributed by atoms with van der Waals surface area (Å²) in [5.41, 5.74) is 3.52.